The molecule has 1 aromatic carbocycles. The number of nitrogens with zero attached hydrogens (tertiary/aromatic N) is 1. The van der Waals surface area contributed by atoms with Gasteiger partial charge in [0.05, 0.1) is 19.8 Å². The lowest BCUT2D eigenvalue weighted by atomic mass is 9.85. The van der Waals surface area contributed by atoms with Crippen molar-refractivity contribution < 1.29 is 9.47 Å². The molecule has 136 valence electrons. The molecule has 0 saturated carbocycles. The van der Waals surface area contributed by atoms with Crippen LogP contribution in [0.3, 0.4) is 0 Å². The highest BCUT2D eigenvalue weighted by atomic mass is 16.5. The highest BCUT2D eigenvalue weighted by molar-refractivity contribution is 5.79. The Bertz CT molecular complexity index is 461. The Labute approximate surface area is 146 Å². The Morgan fingerprint density at radius 3 is 2.50 bits per heavy atom. The van der Waals surface area contributed by atoms with E-state index in [1.807, 2.05) is 6.07 Å². The number of guanidine groups is 1. The van der Waals surface area contributed by atoms with E-state index in [1.165, 1.54) is 5.56 Å². The van der Waals surface area contributed by atoms with Crippen molar-refractivity contribution in [2.45, 2.75) is 32.6 Å². The zero-order chi connectivity index (χ0) is 17.7. The van der Waals surface area contributed by atoms with Gasteiger partial charge in [-0.2, -0.15) is 0 Å². The third kappa shape index (κ3) is 8.31. The van der Waals surface area contributed by atoms with Gasteiger partial charge in [-0.1, -0.05) is 44.2 Å². The molecule has 1 aromatic rings. The number of methoxy groups -OCH3 is 1. The van der Waals surface area contributed by atoms with Gasteiger partial charge in [-0.25, -0.2) is 0 Å². The van der Waals surface area contributed by atoms with Crippen LogP contribution in [0.5, 0.6) is 0 Å². The molecule has 0 bridgehead atoms. The van der Waals surface area contributed by atoms with Crippen LogP contribution in [0.15, 0.2) is 35.3 Å². The summed E-state index contributed by atoms with van der Waals surface area (Å²) in [6.45, 7) is 11.0. The quantitative estimate of drug-likeness (QED) is 0.371. The Balaban J connectivity index is 2.41. The second kappa shape index (κ2) is 11.9. The van der Waals surface area contributed by atoms with Gasteiger partial charge in [0.15, 0.2) is 5.96 Å². The predicted molar refractivity (Wildman–Crippen MR) is 101 cm³/mol. The number of hydrogen-bond donors (Lipinski definition) is 2. The van der Waals surface area contributed by atoms with Gasteiger partial charge >= 0.3 is 0 Å². The second-order valence-corrected chi connectivity index (χ2v) is 6.33. The largest absolute Gasteiger partial charge is 0.382 e. The van der Waals surface area contributed by atoms with Gasteiger partial charge in [0.1, 0.15) is 0 Å². The molecule has 0 atom stereocenters. The van der Waals surface area contributed by atoms with Gasteiger partial charge in [0.25, 0.3) is 0 Å². The molecule has 0 heterocycles. The van der Waals surface area contributed by atoms with E-state index in [2.05, 4.69) is 55.7 Å². The highest BCUT2D eigenvalue weighted by Crippen LogP contribution is 2.22. The molecule has 5 heteroatoms. The van der Waals surface area contributed by atoms with Crippen LogP contribution in [0.25, 0.3) is 0 Å². The van der Waals surface area contributed by atoms with Crippen LogP contribution >= 0.6 is 0 Å². The molecule has 0 saturated heterocycles. The minimum absolute atomic E-state index is 0.00682. The summed E-state index contributed by atoms with van der Waals surface area (Å²) in [5.41, 5.74) is 1.31. The van der Waals surface area contributed by atoms with Crippen LogP contribution < -0.4 is 10.6 Å². The summed E-state index contributed by atoms with van der Waals surface area (Å²) >= 11 is 0. The summed E-state index contributed by atoms with van der Waals surface area (Å²) < 4.78 is 10.4. The van der Waals surface area contributed by atoms with E-state index in [4.69, 9.17) is 14.5 Å². The van der Waals surface area contributed by atoms with E-state index < -0.39 is 0 Å². The number of nitrogens with one attached hydrogen (secondary N) is 2. The normalized spacial score (nSPS) is 12.2. The molecule has 0 unspecified atom stereocenters. The van der Waals surface area contributed by atoms with Gasteiger partial charge in [0, 0.05) is 32.2 Å². The van der Waals surface area contributed by atoms with Crippen molar-refractivity contribution in [3.63, 3.8) is 0 Å². The van der Waals surface area contributed by atoms with E-state index >= 15 is 0 Å². The van der Waals surface area contributed by atoms with Crippen molar-refractivity contribution in [1.29, 1.82) is 0 Å². The lowest BCUT2D eigenvalue weighted by Gasteiger charge is -2.24. The number of rotatable bonds is 11. The molecule has 5 nitrogen and oxygen atoms in total. The number of benzene rings is 1. The highest BCUT2D eigenvalue weighted by Gasteiger charge is 2.19. The maximum Gasteiger partial charge on any atom is 0.191 e. The SMILES string of the molecule is CCNC(=NCC(C)(C)c1ccccc1)NCCCOCCOC. The van der Waals surface area contributed by atoms with Crippen molar-refractivity contribution in [3.05, 3.63) is 35.9 Å². The molecule has 0 amide bonds. The summed E-state index contributed by atoms with van der Waals surface area (Å²) in [7, 11) is 1.68. The molecular formula is C19H33N3O2. The minimum Gasteiger partial charge on any atom is -0.382 e. The van der Waals surface area contributed by atoms with Gasteiger partial charge in [-0.15, -0.1) is 0 Å². The van der Waals surface area contributed by atoms with Gasteiger partial charge < -0.3 is 20.1 Å². The molecule has 24 heavy (non-hydrogen) atoms. The Morgan fingerprint density at radius 1 is 1.08 bits per heavy atom. The van der Waals surface area contributed by atoms with Crippen molar-refractivity contribution in [3.8, 4) is 0 Å². The molecule has 0 aliphatic rings. The molecule has 1 rings (SSSR count). The van der Waals surface area contributed by atoms with Gasteiger partial charge in [0.2, 0.25) is 0 Å². The fourth-order valence-corrected chi connectivity index (χ4v) is 2.22. The Hall–Kier alpha value is -1.59. The van der Waals surface area contributed by atoms with Gasteiger partial charge in [-0.3, -0.25) is 4.99 Å². The van der Waals surface area contributed by atoms with Crippen LogP contribution in [0, 0.1) is 0 Å². The first-order valence-corrected chi connectivity index (χ1v) is 8.74. The summed E-state index contributed by atoms with van der Waals surface area (Å²) in [4.78, 5) is 4.74. The standard InChI is InChI=1S/C19H33N3O2/c1-5-20-18(21-12-9-13-24-15-14-23-4)22-16-19(2,3)17-10-7-6-8-11-17/h6-8,10-11H,5,9,12-16H2,1-4H3,(H2,20,21,22). The average Bonchev–Trinajstić information content (AvgIpc) is 2.59. The van der Waals surface area contributed by atoms with Crippen molar-refractivity contribution in [2.75, 3.05) is 46.6 Å². The van der Waals surface area contributed by atoms with Crippen LogP contribution in [0.4, 0.5) is 0 Å². The summed E-state index contributed by atoms with van der Waals surface area (Å²) in [6, 6.07) is 10.5. The molecule has 2 N–H and O–H groups in total. The van der Waals surface area contributed by atoms with Gasteiger partial charge in [-0.05, 0) is 18.9 Å². The lowest BCUT2D eigenvalue weighted by molar-refractivity contribution is 0.0698. The summed E-state index contributed by atoms with van der Waals surface area (Å²) in [5.74, 6) is 0.860. The monoisotopic (exact) mass is 335 g/mol. The summed E-state index contributed by atoms with van der Waals surface area (Å²) in [6.07, 6.45) is 0.941. The molecule has 0 radical (unpaired) electrons. The van der Waals surface area contributed by atoms with Crippen molar-refractivity contribution in [2.24, 2.45) is 4.99 Å². The van der Waals surface area contributed by atoms with E-state index in [9.17, 15) is 0 Å². The topological polar surface area (TPSA) is 54.9 Å². The van der Waals surface area contributed by atoms with E-state index in [0.717, 1.165) is 38.6 Å². The molecule has 0 fully saturated rings. The van der Waals surface area contributed by atoms with Crippen LogP contribution in [0.1, 0.15) is 32.8 Å². The first kappa shape index (κ1) is 20.5. The van der Waals surface area contributed by atoms with E-state index in [1.54, 1.807) is 7.11 Å². The molecular weight excluding hydrogens is 302 g/mol. The molecule has 0 spiro atoms. The zero-order valence-electron chi connectivity index (χ0n) is 15.6. The Morgan fingerprint density at radius 2 is 1.83 bits per heavy atom. The first-order valence-electron chi connectivity index (χ1n) is 8.74. The zero-order valence-corrected chi connectivity index (χ0v) is 15.6. The van der Waals surface area contributed by atoms with Crippen molar-refractivity contribution in [1.82, 2.24) is 10.6 Å². The predicted octanol–water partition coefficient (Wildman–Crippen LogP) is 2.57. The van der Waals surface area contributed by atoms with E-state index in [0.29, 0.717) is 13.2 Å². The third-order valence-corrected chi connectivity index (χ3v) is 3.72. The van der Waals surface area contributed by atoms with E-state index in [-0.39, 0.29) is 5.41 Å². The van der Waals surface area contributed by atoms with Crippen molar-refractivity contribution >= 4 is 5.96 Å². The maximum absolute atomic E-state index is 5.46. The fourth-order valence-electron chi connectivity index (χ4n) is 2.22. The average molecular weight is 335 g/mol. The molecule has 0 aliphatic carbocycles. The second-order valence-electron chi connectivity index (χ2n) is 6.33. The Kier molecular flexibility index (Phi) is 10.1. The lowest BCUT2D eigenvalue weighted by Crippen LogP contribution is -2.39. The van der Waals surface area contributed by atoms with Crippen LogP contribution in [0.2, 0.25) is 0 Å². The first-order chi connectivity index (χ1) is 11.6. The number of aliphatic imine (C=N–C) groups is 1. The number of hydrogen-bond acceptors (Lipinski definition) is 3. The fraction of sp³-hybridized carbons (Fsp3) is 0.632. The van der Waals surface area contributed by atoms with Crippen LogP contribution in [-0.4, -0.2) is 52.5 Å². The number of ether oxygens (including phenoxy) is 2. The molecule has 0 aromatic heterocycles. The maximum atomic E-state index is 5.46. The van der Waals surface area contributed by atoms with Crippen LogP contribution in [-0.2, 0) is 14.9 Å². The molecule has 0 aliphatic heterocycles. The third-order valence-electron chi connectivity index (χ3n) is 3.72. The smallest absolute Gasteiger partial charge is 0.191 e. The summed E-state index contributed by atoms with van der Waals surface area (Å²) in [5, 5.41) is 6.66. The minimum atomic E-state index is 0.00682.